The molecule has 2 aliphatic carbocycles. The second kappa shape index (κ2) is 17.4. The number of carbonyl (C=O) groups excluding carboxylic acids is 1. The monoisotopic (exact) mass is 491 g/mol. The van der Waals surface area contributed by atoms with E-state index in [9.17, 15) is 9.90 Å². The molecule has 0 aliphatic heterocycles. The third-order valence-electron chi connectivity index (χ3n) is 7.74. The van der Waals surface area contributed by atoms with Crippen LogP contribution in [0.1, 0.15) is 104 Å². The predicted octanol–water partition coefficient (Wildman–Crippen LogP) is 5.12. The van der Waals surface area contributed by atoms with E-state index in [2.05, 4.69) is 20.8 Å². The number of aliphatic carboxylic acids is 1. The van der Waals surface area contributed by atoms with Gasteiger partial charge < -0.3 is 19.5 Å². The highest BCUT2D eigenvalue weighted by Gasteiger charge is 2.33. The fraction of sp³-hybridized carbons (Fsp3) is 0.960. The Morgan fingerprint density at radius 2 is 1.33 bits per heavy atom. The van der Waals surface area contributed by atoms with Crippen molar-refractivity contribution in [2.24, 2.45) is 17.8 Å². The highest BCUT2D eigenvalue weighted by molar-refractivity contribution is 8.93. The summed E-state index contributed by atoms with van der Waals surface area (Å²) in [7, 11) is 0. The molecule has 0 aromatic carbocycles. The standard InChI is InChI=1S/C13H30NO.C12H20O2.BrH/c1-4-7-8-9-10-11-14(5-2,6-3)12-13-15;13-12(14)11(9-5-1-2-6-9)10-7-3-4-8-10;/h15H,4-13H2,1-3H3;9-11H,1-8H2,(H,13,14);1H/q+1;;/p-1. The average Bonchev–Trinajstić information content (AvgIpc) is 3.42. The molecule has 2 fully saturated rings. The number of hydrogen-bond donors (Lipinski definition) is 1. The maximum Gasteiger partial charge on any atom is 0.102 e. The van der Waals surface area contributed by atoms with Gasteiger partial charge in [-0.1, -0.05) is 51.9 Å². The number of halogens is 1. The molecule has 0 aromatic heterocycles. The molecule has 2 rings (SSSR count). The minimum Gasteiger partial charge on any atom is -0.550 e. The Hall–Kier alpha value is -0.130. The van der Waals surface area contributed by atoms with E-state index in [1.807, 2.05) is 0 Å². The summed E-state index contributed by atoms with van der Waals surface area (Å²) in [4.78, 5) is 11.2. The molecule has 180 valence electrons. The minimum atomic E-state index is -0.774. The molecular weight excluding hydrogens is 442 g/mol. The van der Waals surface area contributed by atoms with Crippen molar-refractivity contribution in [2.75, 3.05) is 32.8 Å². The topological polar surface area (TPSA) is 60.4 Å². The molecule has 0 atom stereocenters. The summed E-state index contributed by atoms with van der Waals surface area (Å²) in [5.41, 5.74) is 0. The van der Waals surface area contributed by atoms with Crippen LogP contribution in [-0.4, -0.2) is 48.3 Å². The van der Waals surface area contributed by atoms with E-state index in [1.165, 1.54) is 64.3 Å². The quantitative estimate of drug-likeness (QED) is 0.287. The van der Waals surface area contributed by atoms with E-state index in [-0.39, 0.29) is 22.9 Å². The van der Waals surface area contributed by atoms with Crippen LogP contribution in [0.2, 0.25) is 0 Å². The summed E-state index contributed by atoms with van der Waals surface area (Å²) in [6, 6.07) is 0. The van der Waals surface area contributed by atoms with Crippen LogP contribution >= 0.6 is 17.0 Å². The lowest BCUT2D eigenvalue weighted by Crippen LogP contribution is -2.50. The van der Waals surface area contributed by atoms with Crippen molar-refractivity contribution in [1.82, 2.24) is 0 Å². The second-order valence-electron chi connectivity index (χ2n) is 9.49. The lowest BCUT2D eigenvalue weighted by molar-refractivity contribution is -0.925. The van der Waals surface area contributed by atoms with Crippen molar-refractivity contribution in [2.45, 2.75) is 104 Å². The first-order valence-corrected chi connectivity index (χ1v) is 12.7. The fourth-order valence-electron chi connectivity index (χ4n) is 5.63. The lowest BCUT2D eigenvalue weighted by Gasteiger charge is -2.36. The first-order chi connectivity index (χ1) is 14.0. The number of rotatable bonds is 13. The molecule has 0 unspecified atom stereocenters. The van der Waals surface area contributed by atoms with Crippen molar-refractivity contribution in [1.29, 1.82) is 0 Å². The van der Waals surface area contributed by atoms with Gasteiger partial charge in [0, 0.05) is 11.9 Å². The fourth-order valence-corrected chi connectivity index (χ4v) is 5.63. The predicted molar refractivity (Wildman–Crippen MR) is 130 cm³/mol. The first kappa shape index (κ1) is 29.9. The second-order valence-corrected chi connectivity index (χ2v) is 9.49. The zero-order valence-electron chi connectivity index (χ0n) is 20.1. The highest BCUT2D eigenvalue weighted by Crippen LogP contribution is 2.41. The van der Waals surface area contributed by atoms with Crippen LogP contribution < -0.4 is 5.11 Å². The van der Waals surface area contributed by atoms with Crippen molar-refractivity contribution in [3.05, 3.63) is 0 Å². The summed E-state index contributed by atoms with van der Waals surface area (Å²) >= 11 is 0. The van der Waals surface area contributed by atoms with E-state index in [0.29, 0.717) is 18.4 Å². The molecular formula is C25H50BrNO3. The molecule has 2 saturated carbocycles. The SMILES string of the molecule is Br.CCCCCCC[N+](CC)(CC)CCO.O=C([O-])C(C1CCCC1)C1CCCC1. The van der Waals surface area contributed by atoms with Gasteiger partial charge in [-0.2, -0.15) is 0 Å². The normalized spacial score (nSPS) is 17.6. The van der Waals surface area contributed by atoms with Crippen molar-refractivity contribution >= 4 is 23.0 Å². The molecule has 0 radical (unpaired) electrons. The molecule has 0 aromatic rings. The van der Waals surface area contributed by atoms with Crippen LogP contribution in [0.4, 0.5) is 0 Å². The Morgan fingerprint density at radius 1 is 0.867 bits per heavy atom. The molecule has 1 N–H and O–H groups in total. The molecule has 4 nitrogen and oxygen atoms in total. The Morgan fingerprint density at radius 3 is 1.70 bits per heavy atom. The van der Waals surface area contributed by atoms with Gasteiger partial charge in [-0.3, -0.25) is 0 Å². The van der Waals surface area contributed by atoms with Gasteiger partial charge in [-0.15, -0.1) is 17.0 Å². The number of nitrogens with zero attached hydrogens (tertiary/aromatic N) is 1. The van der Waals surface area contributed by atoms with Crippen LogP contribution in [0.3, 0.4) is 0 Å². The highest BCUT2D eigenvalue weighted by atomic mass is 79.9. The zero-order valence-corrected chi connectivity index (χ0v) is 21.8. The van der Waals surface area contributed by atoms with Crippen LogP contribution in [0, 0.1) is 17.8 Å². The maximum absolute atomic E-state index is 11.2. The average molecular weight is 493 g/mol. The van der Waals surface area contributed by atoms with Gasteiger partial charge in [0.15, 0.2) is 0 Å². The van der Waals surface area contributed by atoms with Crippen LogP contribution in [-0.2, 0) is 4.79 Å². The van der Waals surface area contributed by atoms with Crippen LogP contribution in [0.5, 0.6) is 0 Å². The minimum absolute atomic E-state index is 0. The Bertz CT molecular complexity index is 401. The van der Waals surface area contributed by atoms with E-state index in [4.69, 9.17) is 5.11 Å². The van der Waals surface area contributed by atoms with Gasteiger partial charge in [0.05, 0.1) is 26.2 Å². The van der Waals surface area contributed by atoms with Crippen molar-refractivity contribution in [3.8, 4) is 0 Å². The van der Waals surface area contributed by atoms with Gasteiger partial charge in [-0.05, 0) is 64.2 Å². The number of quaternary nitrogens is 1. The zero-order chi connectivity index (χ0) is 21.5. The van der Waals surface area contributed by atoms with E-state index < -0.39 is 5.97 Å². The number of likely N-dealkylation sites (N-methyl/N-ethyl adjacent to an activating group) is 1. The molecule has 0 amide bonds. The van der Waals surface area contributed by atoms with Crippen LogP contribution in [0.15, 0.2) is 0 Å². The molecule has 0 bridgehead atoms. The number of aliphatic hydroxyl groups is 1. The summed E-state index contributed by atoms with van der Waals surface area (Å²) in [6.07, 6.45) is 16.1. The number of aliphatic hydroxyl groups excluding tert-OH is 1. The Kier molecular flexibility index (Phi) is 17.4. The molecule has 0 heterocycles. The number of hydrogen-bond acceptors (Lipinski definition) is 3. The number of carbonyl (C=O) groups is 1. The van der Waals surface area contributed by atoms with E-state index >= 15 is 0 Å². The molecule has 0 saturated heterocycles. The maximum atomic E-state index is 11.2. The summed E-state index contributed by atoms with van der Waals surface area (Å²) in [6.45, 7) is 11.6. The third-order valence-corrected chi connectivity index (χ3v) is 7.74. The van der Waals surface area contributed by atoms with E-state index in [1.54, 1.807) is 0 Å². The van der Waals surface area contributed by atoms with Gasteiger partial charge >= 0.3 is 0 Å². The summed E-state index contributed by atoms with van der Waals surface area (Å²) in [5.74, 6) is -0.0324. The van der Waals surface area contributed by atoms with Gasteiger partial charge in [0.25, 0.3) is 0 Å². The van der Waals surface area contributed by atoms with Crippen molar-refractivity contribution in [3.63, 3.8) is 0 Å². The third kappa shape index (κ3) is 10.5. The lowest BCUT2D eigenvalue weighted by atomic mass is 9.79. The first-order valence-electron chi connectivity index (χ1n) is 12.7. The van der Waals surface area contributed by atoms with Gasteiger partial charge in [0.1, 0.15) is 6.54 Å². The van der Waals surface area contributed by atoms with Crippen LogP contribution in [0.25, 0.3) is 0 Å². The summed E-state index contributed by atoms with van der Waals surface area (Å²) < 4.78 is 1.10. The van der Waals surface area contributed by atoms with Gasteiger partial charge in [0.2, 0.25) is 0 Å². The number of unbranched alkanes of at least 4 members (excludes halogenated alkanes) is 4. The summed E-state index contributed by atoms with van der Waals surface area (Å²) in [5, 5.41) is 20.3. The van der Waals surface area contributed by atoms with E-state index in [0.717, 1.165) is 49.8 Å². The smallest absolute Gasteiger partial charge is 0.102 e. The molecule has 30 heavy (non-hydrogen) atoms. The largest absolute Gasteiger partial charge is 0.550 e. The Labute approximate surface area is 197 Å². The number of carboxylic acid groups (broad SMARTS) is 1. The number of carboxylic acids is 1. The van der Waals surface area contributed by atoms with Crippen molar-refractivity contribution < 1.29 is 19.5 Å². The van der Waals surface area contributed by atoms with Gasteiger partial charge in [-0.25, -0.2) is 0 Å². The molecule has 0 spiro atoms. The molecule has 2 aliphatic rings. The molecule has 5 heteroatoms. The Balaban J connectivity index is 0.000000543.